The first kappa shape index (κ1) is 10.6. The molecule has 1 amide bonds. The van der Waals surface area contributed by atoms with Gasteiger partial charge in [0.05, 0.1) is 6.20 Å². The first-order chi connectivity index (χ1) is 7.63. The summed E-state index contributed by atoms with van der Waals surface area (Å²) in [7, 11) is 1.60. The SMILES string of the molecule is CNC(=O)c1cnn2ccc(C(C)C)nc12. The normalized spacial score (nSPS) is 11.0. The minimum Gasteiger partial charge on any atom is -0.355 e. The average Bonchev–Trinajstić information content (AvgIpc) is 2.70. The number of fused-ring (bicyclic) bond motifs is 1. The van der Waals surface area contributed by atoms with Crippen molar-refractivity contribution in [3.05, 3.63) is 29.7 Å². The van der Waals surface area contributed by atoms with Gasteiger partial charge in [-0.1, -0.05) is 13.8 Å². The Kier molecular flexibility index (Phi) is 2.60. The van der Waals surface area contributed by atoms with Crippen molar-refractivity contribution in [2.45, 2.75) is 19.8 Å². The third-order valence-electron chi connectivity index (χ3n) is 2.45. The highest BCUT2D eigenvalue weighted by molar-refractivity contribution is 5.99. The molecule has 1 N–H and O–H groups in total. The summed E-state index contributed by atoms with van der Waals surface area (Å²) in [6, 6.07) is 1.91. The number of nitrogens with one attached hydrogen (secondary N) is 1. The van der Waals surface area contributed by atoms with E-state index < -0.39 is 0 Å². The van der Waals surface area contributed by atoms with Crippen LogP contribution in [-0.4, -0.2) is 27.6 Å². The Hall–Kier alpha value is -1.91. The zero-order valence-corrected chi connectivity index (χ0v) is 9.56. The standard InChI is InChI=1S/C11H14N4O/c1-7(2)9-4-5-15-10(14-9)8(6-13-15)11(16)12-3/h4-7H,1-3H3,(H,12,16). The fraction of sp³-hybridized carbons (Fsp3) is 0.364. The van der Waals surface area contributed by atoms with E-state index in [0.717, 1.165) is 5.69 Å². The zero-order chi connectivity index (χ0) is 11.7. The topological polar surface area (TPSA) is 59.3 Å². The largest absolute Gasteiger partial charge is 0.355 e. The smallest absolute Gasteiger partial charge is 0.256 e. The number of carbonyl (C=O) groups excluding carboxylic acids is 1. The van der Waals surface area contributed by atoms with Crippen molar-refractivity contribution < 1.29 is 4.79 Å². The Balaban J connectivity index is 2.60. The minimum absolute atomic E-state index is 0.164. The van der Waals surface area contributed by atoms with Crippen molar-refractivity contribution in [3.63, 3.8) is 0 Å². The molecule has 2 aromatic heterocycles. The van der Waals surface area contributed by atoms with Gasteiger partial charge in [0.1, 0.15) is 5.56 Å². The van der Waals surface area contributed by atoms with Gasteiger partial charge < -0.3 is 5.32 Å². The van der Waals surface area contributed by atoms with Crippen LogP contribution in [0, 0.1) is 0 Å². The summed E-state index contributed by atoms with van der Waals surface area (Å²) in [5.74, 6) is 0.167. The molecule has 2 heterocycles. The number of amides is 1. The number of carbonyl (C=O) groups is 1. The first-order valence-corrected chi connectivity index (χ1v) is 5.20. The molecule has 0 bridgehead atoms. The first-order valence-electron chi connectivity index (χ1n) is 5.20. The molecule has 0 spiro atoms. The maximum absolute atomic E-state index is 11.6. The van der Waals surface area contributed by atoms with Gasteiger partial charge in [0.15, 0.2) is 5.65 Å². The molecule has 0 saturated heterocycles. The predicted molar refractivity (Wildman–Crippen MR) is 60.5 cm³/mol. The van der Waals surface area contributed by atoms with Gasteiger partial charge in [-0.05, 0) is 12.0 Å². The molecule has 2 aromatic rings. The van der Waals surface area contributed by atoms with Gasteiger partial charge in [0.2, 0.25) is 0 Å². The summed E-state index contributed by atoms with van der Waals surface area (Å²) in [6.07, 6.45) is 3.36. The van der Waals surface area contributed by atoms with Crippen molar-refractivity contribution in [1.82, 2.24) is 19.9 Å². The van der Waals surface area contributed by atoms with Gasteiger partial charge in [0.25, 0.3) is 5.91 Å². The summed E-state index contributed by atoms with van der Waals surface area (Å²) in [4.78, 5) is 16.0. The number of hydrogen-bond acceptors (Lipinski definition) is 3. The lowest BCUT2D eigenvalue weighted by Crippen LogP contribution is -2.17. The molecule has 0 aromatic carbocycles. The highest BCUT2D eigenvalue weighted by Gasteiger charge is 2.13. The Morgan fingerprint density at radius 3 is 2.88 bits per heavy atom. The van der Waals surface area contributed by atoms with Crippen molar-refractivity contribution >= 4 is 11.6 Å². The Bertz CT molecular complexity index is 530. The second-order valence-electron chi connectivity index (χ2n) is 3.91. The highest BCUT2D eigenvalue weighted by atomic mass is 16.1. The average molecular weight is 218 g/mol. The Morgan fingerprint density at radius 2 is 2.25 bits per heavy atom. The van der Waals surface area contributed by atoms with E-state index in [1.54, 1.807) is 11.6 Å². The molecule has 16 heavy (non-hydrogen) atoms. The molecule has 5 heteroatoms. The molecule has 0 atom stereocenters. The summed E-state index contributed by atoms with van der Waals surface area (Å²) in [6.45, 7) is 4.13. The van der Waals surface area contributed by atoms with Gasteiger partial charge in [-0.3, -0.25) is 4.79 Å². The molecule has 0 aliphatic carbocycles. The van der Waals surface area contributed by atoms with E-state index in [-0.39, 0.29) is 5.91 Å². The maximum Gasteiger partial charge on any atom is 0.256 e. The van der Waals surface area contributed by atoms with Crippen LogP contribution in [0.2, 0.25) is 0 Å². The van der Waals surface area contributed by atoms with Crippen LogP contribution in [0.3, 0.4) is 0 Å². The van der Waals surface area contributed by atoms with Gasteiger partial charge in [-0.2, -0.15) is 5.10 Å². The quantitative estimate of drug-likeness (QED) is 0.824. The summed E-state index contributed by atoms with van der Waals surface area (Å²) < 4.78 is 1.61. The Labute approximate surface area is 93.5 Å². The predicted octanol–water partition coefficient (Wildman–Crippen LogP) is 1.21. The maximum atomic E-state index is 11.6. The van der Waals surface area contributed by atoms with E-state index in [1.807, 2.05) is 12.3 Å². The number of nitrogens with zero attached hydrogens (tertiary/aromatic N) is 3. The molecule has 84 valence electrons. The molecular formula is C11H14N4O. The van der Waals surface area contributed by atoms with Crippen molar-refractivity contribution in [1.29, 1.82) is 0 Å². The van der Waals surface area contributed by atoms with Gasteiger partial charge in [-0.25, -0.2) is 9.50 Å². The van der Waals surface area contributed by atoms with Crippen LogP contribution >= 0.6 is 0 Å². The lowest BCUT2D eigenvalue weighted by molar-refractivity contribution is 0.0964. The second-order valence-corrected chi connectivity index (χ2v) is 3.91. The molecule has 0 radical (unpaired) electrons. The second kappa shape index (κ2) is 3.92. The van der Waals surface area contributed by atoms with Crippen molar-refractivity contribution in [2.24, 2.45) is 0 Å². The van der Waals surface area contributed by atoms with Gasteiger partial charge in [-0.15, -0.1) is 0 Å². The van der Waals surface area contributed by atoms with E-state index in [1.165, 1.54) is 6.20 Å². The lowest BCUT2D eigenvalue weighted by Gasteiger charge is -2.04. The molecular weight excluding hydrogens is 204 g/mol. The number of hydrogen-bond donors (Lipinski definition) is 1. The van der Waals surface area contributed by atoms with E-state index in [2.05, 4.69) is 29.2 Å². The molecule has 5 nitrogen and oxygen atoms in total. The summed E-state index contributed by atoms with van der Waals surface area (Å²) in [5, 5.41) is 6.66. The van der Waals surface area contributed by atoms with Crippen LogP contribution in [-0.2, 0) is 0 Å². The number of rotatable bonds is 2. The highest BCUT2D eigenvalue weighted by Crippen LogP contribution is 2.14. The van der Waals surface area contributed by atoms with E-state index in [4.69, 9.17) is 0 Å². The van der Waals surface area contributed by atoms with Gasteiger partial charge >= 0.3 is 0 Å². The summed E-state index contributed by atoms with van der Waals surface area (Å²) in [5.41, 5.74) is 2.06. The fourth-order valence-electron chi connectivity index (χ4n) is 1.50. The molecule has 0 unspecified atom stereocenters. The van der Waals surface area contributed by atoms with Crippen LogP contribution in [0.15, 0.2) is 18.5 Å². The minimum atomic E-state index is -0.164. The zero-order valence-electron chi connectivity index (χ0n) is 9.56. The molecule has 0 aliphatic rings. The van der Waals surface area contributed by atoms with Crippen LogP contribution in [0.4, 0.5) is 0 Å². The molecule has 0 aliphatic heterocycles. The van der Waals surface area contributed by atoms with E-state index in [0.29, 0.717) is 17.1 Å². The lowest BCUT2D eigenvalue weighted by atomic mass is 10.1. The monoisotopic (exact) mass is 218 g/mol. The van der Waals surface area contributed by atoms with Crippen LogP contribution in [0.5, 0.6) is 0 Å². The molecule has 0 saturated carbocycles. The number of aromatic nitrogens is 3. The molecule has 0 fully saturated rings. The van der Waals surface area contributed by atoms with Crippen LogP contribution < -0.4 is 5.32 Å². The van der Waals surface area contributed by atoms with E-state index >= 15 is 0 Å². The van der Waals surface area contributed by atoms with Gasteiger partial charge in [0, 0.05) is 18.9 Å². The van der Waals surface area contributed by atoms with Crippen LogP contribution in [0.1, 0.15) is 35.8 Å². The van der Waals surface area contributed by atoms with E-state index in [9.17, 15) is 4.79 Å². The van der Waals surface area contributed by atoms with Crippen molar-refractivity contribution in [2.75, 3.05) is 7.05 Å². The molecule has 2 rings (SSSR count). The Morgan fingerprint density at radius 1 is 1.50 bits per heavy atom. The third kappa shape index (κ3) is 1.64. The summed E-state index contributed by atoms with van der Waals surface area (Å²) >= 11 is 0. The van der Waals surface area contributed by atoms with Crippen molar-refractivity contribution in [3.8, 4) is 0 Å². The third-order valence-corrected chi connectivity index (χ3v) is 2.45. The fourth-order valence-corrected chi connectivity index (χ4v) is 1.50. The van der Waals surface area contributed by atoms with Crippen LogP contribution in [0.25, 0.3) is 5.65 Å².